The summed E-state index contributed by atoms with van der Waals surface area (Å²) in [6.45, 7) is 5.63. The number of aryl methyl sites for hydroxylation is 1. The number of rotatable bonds is 8. The quantitative estimate of drug-likeness (QED) is 0.427. The summed E-state index contributed by atoms with van der Waals surface area (Å²) in [7, 11) is 0. The lowest BCUT2D eigenvalue weighted by Gasteiger charge is -2.26. The number of nitrogens with zero attached hydrogens (tertiary/aromatic N) is 1. The highest BCUT2D eigenvalue weighted by atomic mass is 32.2. The molecule has 2 fully saturated rings. The Morgan fingerprint density at radius 2 is 2.16 bits per heavy atom. The highest BCUT2D eigenvalue weighted by molar-refractivity contribution is 7.98. The summed E-state index contributed by atoms with van der Waals surface area (Å²) in [4.78, 5) is 38.2. The monoisotopic (exact) mass is 458 g/mol. The molecular weight excluding hydrogens is 428 g/mol. The number of carbonyl (C=O) groups excluding carboxylic acids is 1. The van der Waals surface area contributed by atoms with Gasteiger partial charge in [-0.05, 0) is 27.0 Å². The van der Waals surface area contributed by atoms with Crippen molar-refractivity contribution in [2.75, 3.05) is 25.4 Å². The summed E-state index contributed by atoms with van der Waals surface area (Å²) >= 11 is 1.58. The van der Waals surface area contributed by atoms with Gasteiger partial charge in [-0.25, -0.2) is 4.79 Å². The van der Waals surface area contributed by atoms with E-state index in [9.17, 15) is 19.5 Å². The first-order chi connectivity index (χ1) is 14.5. The van der Waals surface area contributed by atoms with Crippen LogP contribution < -0.4 is 11.2 Å². The molecule has 174 valence electrons. The van der Waals surface area contributed by atoms with Gasteiger partial charge >= 0.3 is 11.7 Å². The maximum atomic E-state index is 12.4. The fourth-order valence-corrected chi connectivity index (χ4v) is 4.40. The number of aliphatic hydroxyl groups is 1. The van der Waals surface area contributed by atoms with Gasteiger partial charge in [0.1, 0.15) is 18.9 Å². The molecule has 1 aromatic heterocycles. The molecule has 2 aliphatic heterocycles. The minimum absolute atomic E-state index is 0.0516. The van der Waals surface area contributed by atoms with Gasteiger partial charge in [0.25, 0.3) is 5.56 Å². The largest absolute Gasteiger partial charge is 0.463 e. The smallest absolute Gasteiger partial charge is 0.330 e. The van der Waals surface area contributed by atoms with Gasteiger partial charge in [0.2, 0.25) is 0 Å². The lowest BCUT2D eigenvalue weighted by Crippen LogP contribution is -2.35. The average Bonchev–Trinajstić information content (AvgIpc) is 3.21. The molecule has 0 spiro atoms. The van der Waals surface area contributed by atoms with Crippen molar-refractivity contribution in [3.63, 3.8) is 0 Å². The summed E-state index contributed by atoms with van der Waals surface area (Å²) in [5, 5.41) is 10.3. The molecule has 0 saturated carbocycles. The van der Waals surface area contributed by atoms with Crippen LogP contribution in [0.15, 0.2) is 15.8 Å². The van der Waals surface area contributed by atoms with E-state index >= 15 is 0 Å². The first kappa shape index (κ1) is 24.0. The van der Waals surface area contributed by atoms with Crippen LogP contribution in [0.4, 0.5) is 0 Å². The summed E-state index contributed by atoms with van der Waals surface area (Å²) in [5.41, 5.74) is -1.88. The van der Waals surface area contributed by atoms with Crippen molar-refractivity contribution in [3.05, 3.63) is 32.6 Å². The molecule has 2 aliphatic rings. The summed E-state index contributed by atoms with van der Waals surface area (Å²) < 4.78 is 24.0. The van der Waals surface area contributed by atoms with Crippen LogP contribution in [0.25, 0.3) is 0 Å². The number of aliphatic hydroxyl groups excluding tert-OH is 1. The zero-order chi connectivity index (χ0) is 22.8. The predicted octanol–water partition coefficient (Wildman–Crippen LogP) is 0.702. The number of hydrogen-bond donors (Lipinski definition) is 2. The molecule has 3 rings (SSSR count). The highest BCUT2D eigenvalue weighted by Crippen LogP contribution is 2.38. The van der Waals surface area contributed by atoms with E-state index in [2.05, 4.69) is 4.98 Å². The van der Waals surface area contributed by atoms with Crippen molar-refractivity contribution in [2.24, 2.45) is 0 Å². The predicted molar refractivity (Wildman–Crippen MR) is 113 cm³/mol. The Kier molecular flexibility index (Phi) is 7.32. The second-order valence-corrected chi connectivity index (χ2v) is 9.50. The van der Waals surface area contributed by atoms with Gasteiger partial charge in [-0.3, -0.25) is 19.1 Å². The average molecular weight is 459 g/mol. The van der Waals surface area contributed by atoms with Crippen LogP contribution in [0.5, 0.6) is 0 Å². The maximum absolute atomic E-state index is 12.4. The van der Waals surface area contributed by atoms with E-state index in [-0.39, 0.29) is 19.4 Å². The number of esters is 1. The Labute approximate surface area is 184 Å². The van der Waals surface area contributed by atoms with Gasteiger partial charge < -0.3 is 24.1 Å². The number of ether oxygens (including phenoxy) is 4. The molecule has 10 nitrogen and oxygen atoms in total. The Bertz CT molecular complexity index is 917. The molecule has 3 heterocycles. The Morgan fingerprint density at radius 1 is 1.42 bits per heavy atom. The van der Waals surface area contributed by atoms with Crippen molar-refractivity contribution in [3.8, 4) is 0 Å². The molecule has 0 bridgehead atoms. The van der Waals surface area contributed by atoms with Crippen LogP contribution in [-0.4, -0.2) is 69.4 Å². The fraction of sp³-hybridized carbons (Fsp3) is 0.750. The molecule has 11 heteroatoms. The van der Waals surface area contributed by atoms with Crippen LogP contribution in [0.2, 0.25) is 0 Å². The second kappa shape index (κ2) is 9.45. The van der Waals surface area contributed by atoms with Crippen molar-refractivity contribution in [1.82, 2.24) is 9.55 Å². The number of aromatic amines is 1. The fourth-order valence-electron chi connectivity index (χ4n) is 3.99. The van der Waals surface area contributed by atoms with Gasteiger partial charge in [-0.2, -0.15) is 0 Å². The summed E-state index contributed by atoms with van der Waals surface area (Å²) in [5.74, 6) is 0.0871. The normalized spacial score (nSPS) is 33.0. The zero-order valence-electron chi connectivity index (χ0n) is 18.2. The van der Waals surface area contributed by atoms with Crippen LogP contribution >= 0.6 is 11.8 Å². The first-order valence-electron chi connectivity index (χ1n) is 10.1. The lowest BCUT2D eigenvalue weighted by molar-refractivity contribution is -0.155. The number of nitrogens with one attached hydrogen (secondary N) is 1. The van der Waals surface area contributed by atoms with Crippen LogP contribution in [0, 0.1) is 6.92 Å². The van der Waals surface area contributed by atoms with Gasteiger partial charge in [0.05, 0.1) is 36.3 Å². The maximum Gasteiger partial charge on any atom is 0.330 e. The van der Waals surface area contributed by atoms with E-state index in [4.69, 9.17) is 18.9 Å². The summed E-state index contributed by atoms with van der Waals surface area (Å²) in [6.07, 6.45) is 1.64. The molecule has 1 unspecified atom stereocenters. The van der Waals surface area contributed by atoms with Crippen molar-refractivity contribution in [1.29, 1.82) is 0 Å². The Balaban J connectivity index is 1.52. The van der Waals surface area contributed by atoms with Crippen LogP contribution in [0.1, 0.15) is 44.9 Å². The lowest BCUT2D eigenvalue weighted by atomic mass is 9.91. The van der Waals surface area contributed by atoms with E-state index in [0.717, 1.165) is 0 Å². The van der Waals surface area contributed by atoms with Gasteiger partial charge in [-0.1, -0.05) is 0 Å². The van der Waals surface area contributed by atoms with Crippen molar-refractivity contribution in [2.45, 2.75) is 69.7 Å². The molecule has 0 radical (unpaired) electrons. The molecule has 5 atom stereocenters. The molecule has 0 aromatic carbocycles. The molecule has 2 saturated heterocycles. The van der Waals surface area contributed by atoms with Gasteiger partial charge in [0.15, 0.2) is 0 Å². The third-order valence-electron chi connectivity index (χ3n) is 5.59. The number of carbonyl (C=O) groups is 1. The van der Waals surface area contributed by atoms with E-state index < -0.39 is 46.9 Å². The number of hydrogen-bond acceptors (Lipinski definition) is 9. The highest BCUT2D eigenvalue weighted by Gasteiger charge is 2.46. The minimum atomic E-state index is -0.918. The number of thioether (sulfide) groups is 1. The van der Waals surface area contributed by atoms with Gasteiger partial charge in [0, 0.05) is 24.6 Å². The number of H-pyrrole nitrogens is 1. The second-order valence-electron chi connectivity index (χ2n) is 8.69. The van der Waals surface area contributed by atoms with E-state index in [0.29, 0.717) is 24.5 Å². The van der Waals surface area contributed by atoms with Gasteiger partial charge in [-0.15, -0.1) is 11.8 Å². The summed E-state index contributed by atoms with van der Waals surface area (Å²) in [6, 6.07) is 0. The molecule has 31 heavy (non-hydrogen) atoms. The third kappa shape index (κ3) is 5.78. The van der Waals surface area contributed by atoms with Crippen molar-refractivity contribution >= 4 is 17.7 Å². The first-order valence-corrected chi connectivity index (χ1v) is 11.5. The van der Waals surface area contributed by atoms with Crippen LogP contribution in [0.3, 0.4) is 0 Å². The molecule has 2 N–H and O–H groups in total. The molecule has 0 amide bonds. The molecular formula is C20H30N2O8S. The standard InChI is InChI=1S/C20H30N2O8S/c1-12-7-22(18(26)21-17(12)25)15-5-13(23)14(30-15)8-27-16(24)6-19(2)9-20(3,10-28-19)29-11-31-4/h7,13-15,23H,5-6,8-11H2,1-4H3,(H,21,25,26)/t13-,14+,15+,19?,20-/m0/s1. The number of aromatic nitrogens is 2. The zero-order valence-corrected chi connectivity index (χ0v) is 19.0. The topological polar surface area (TPSA) is 129 Å². The van der Waals surface area contributed by atoms with E-state index in [1.165, 1.54) is 10.8 Å². The SMILES string of the molecule is CSCO[C@]1(C)COC(C)(CC(=O)OC[C@H]2O[C@@H](n3cc(C)c(=O)[nH]c3=O)C[C@@H]2O)C1. The molecule has 1 aromatic rings. The van der Waals surface area contributed by atoms with Crippen molar-refractivity contribution < 1.29 is 28.8 Å². The minimum Gasteiger partial charge on any atom is -0.463 e. The molecule has 0 aliphatic carbocycles. The van der Waals surface area contributed by atoms with Crippen LogP contribution in [-0.2, 0) is 23.7 Å². The Morgan fingerprint density at radius 3 is 2.87 bits per heavy atom. The third-order valence-corrected chi connectivity index (χ3v) is 5.94. The van der Waals surface area contributed by atoms with E-state index in [1.54, 1.807) is 18.7 Å². The van der Waals surface area contributed by atoms with E-state index in [1.807, 2.05) is 20.1 Å². The Hall–Kier alpha value is -1.66.